The van der Waals surface area contributed by atoms with Gasteiger partial charge in [-0.25, -0.2) is 15.0 Å². The highest BCUT2D eigenvalue weighted by Gasteiger charge is 2.28. The number of anilines is 3. The molecule has 6 rings (SSSR count). The maximum atomic E-state index is 13.7. The first kappa shape index (κ1) is 25.7. The Bertz CT molecular complexity index is 1580. The maximum Gasteiger partial charge on any atom is 0.257 e. The van der Waals surface area contributed by atoms with E-state index < -0.39 is 6.35 Å². The number of carbonyl (C=O) groups is 1. The molecular weight excluding hydrogens is 510 g/mol. The van der Waals surface area contributed by atoms with Gasteiger partial charge in [0.15, 0.2) is 11.5 Å². The van der Waals surface area contributed by atoms with Gasteiger partial charge in [-0.1, -0.05) is 0 Å². The van der Waals surface area contributed by atoms with Crippen LogP contribution in [0.4, 0.5) is 17.1 Å². The van der Waals surface area contributed by atoms with Gasteiger partial charge in [-0.3, -0.25) is 9.48 Å². The molecule has 1 fully saturated rings. The molecule has 2 aliphatic rings. The SMILES string of the molecule is COC1N=Cc2c(N3C[C@H](C)N[C@@H](C)C3)ccc(C(=O)Nc3cc(Oc4cncnc4)c4nn(C)cc4c3)c2N1. The quantitative estimate of drug-likeness (QED) is 0.336. The van der Waals surface area contributed by atoms with Crippen molar-refractivity contribution in [1.29, 1.82) is 0 Å². The smallest absolute Gasteiger partial charge is 0.257 e. The van der Waals surface area contributed by atoms with Gasteiger partial charge >= 0.3 is 0 Å². The number of fused-ring (bicyclic) bond motifs is 2. The van der Waals surface area contributed by atoms with Gasteiger partial charge in [0.25, 0.3) is 5.91 Å². The molecule has 12 heteroatoms. The Morgan fingerprint density at radius 1 is 1.12 bits per heavy atom. The van der Waals surface area contributed by atoms with Crippen LogP contribution in [0.2, 0.25) is 0 Å². The van der Waals surface area contributed by atoms with Crippen LogP contribution in [0.3, 0.4) is 0 Å². The van der Waals surface area contributed by atoms with Gasteiger partial charge in [0, 0.05) is 80.1 Å². The van der Waals surface area contributed by atoms with Crippen LogP contribution < -0.4 is 25.6 Å². The van der Waals surface area contributed by atoms with Crippen molar-refractivity contribution in [3.05, 3.63) is 60.3 Å². The number of rotatable bonds is 6. The lowest BCUT2D eigenvalue weighted by Crippen LogP contribution is -2.54. The zero-order chi connectivity index (χ0) is 27.8. The molecule has 0 bridgehead atoms. The first-order valence-corrected chi connectivity index (χ1v) is 13.1. The molecule has 0 aliphatic carbocycles. The fourth-order valence-corrected chi connectivity index (χ4v) is 5.34. The predicted octanol–water partition coefficient (Wildman–Crippen LogP) is 3.37. The van der Waals surface area contributed by atoms with Crippen LogP contribution in [0.25, 0.3) is 10.9 Å². The van der Waals surface area contributed by atoms with E-state index in [1.165, 1.54) is 6.33 Å². The van der Waals surface area contributed by atoms with Gasteiger partial charge in [0.05, 0.1) is 23.6 Å². The molecular formula is C28H31N9O3. The molecule has 4 heterocycles. The molecule has 0 radical (unpaired) electrons. The largest absolute Gasteiger partial charge is 0.452 e. The number of carbonyl (C=O) groups excluding carboxylic acids is 1. The van der Waals surface area contributed by atoms with Gasteiger partial charge in [-0.15, -0.1) is 0 Å². The number of piperazine rings is 1. The van der Waals surface area contributed by atoms with Crippen molar-refractivity contribution in [3.8, 4) is 11.5 Å². The average Bonchev–Trinajstić information content (AvgIpc) is 3.32. The Morgan fingerprint density at radius 3 is 2.65 bits per heavy atom. The fourth-order valence-electron chi connectivity index (χ4n) is 5.34. The molecule has 2 aliphatic heterocycles. The van der Waals surface area contributed by atoms with Crippen LogP contribution in [-0.2, 0) is 11.8 Å². The molecule has 1 unspecified atom stereocenters. The minimum Gasteiger partial charge on any atom is -0.452 e. The predicted molar refractivity (Wildman–Crippen MR) is 154 cm³/mol. The number of nitrogens with one attached hydrogen (secondary N) is 3. The van der Waals surface area contributed by atoms with Crippen molar-refractivity contribution < 1.29 is 14.3 Å². The zero-order valence-electron chi connectivity index (χ0n) is 22.8. The number of hydrogen-bond donors (Lipinski definition) is 3. The van der Waals surface area contributed by atoms with E-state index in [1.54, 1.807) is 36.5 Å². The van der Waals surface area contributed by atoms with Crippen LogP contribution >= 0.6 is 0 Å². The summed E-state index contributed by atoms with van der Waals surface area (Å²) in [4.78, 5) is 28.6. The van der Waals surface area contributed by atoms with E-state index >= 15 is 0 Å². The second kappa shape index (κ2) is 10.5. The Kier molecular flexibility index (Phi) is 6.78. The number of hydrogen-bond acceptors (Lipinski definition) is 10. The maximum absolute atomic E-state index is 13.7. The molecule has 40 heavy (non-hydrogen) atoms. The molecule has 3 N–H and O–H groups in total. The van der Waals surface area contributed by atoms with Gasteiger partial charge < -0.3 is 30.3 Å². The summed E-state index contributed by atoms with van der Waals surface area (Å²) >= 11 is 0. The second-order valence-corrected chi connectivity index (χ2v) is 10.2. The molecule has 2 aromatic carbocycles. The van der Waals surface area contributed by atoms with E-state index in [0.29, 0.717) is 46.0 Å². The van der Waals surface area contributed by atoms with Crippen LogP contribution in [0, 0.1) is 0 Å². The van der Waals surface area contributed by atoms with Gasteiger partial charge in [-0.2, -0.15) is 5.10 Å². The van der Waals surface area contributed by atoms with Crippen LogP contribution in [0.5, 0.6) is 11.5 Å². The van der Waals surface area contributed by atoms with Crippen molar-refractivity contribution in [1.82, 2.24) is 25.1 Å². The van der Waals surface area contributed by atoms with Gasteiger partial charge in [-0.05, 0) is 32.0 Å². The molecule has 2 aromatic heterocycles. The van der Waals surface area contributed by atoms with Crippen molar-refractivity contribution in [2.45, 2.75) is 32.3 Å². The Balaban J connectivity index is 1.35. The minimum atomic E-state index is -0.588. The highest BCUT2D eigenvalue weighted by atomic mass is 16.5. The lowest BCUT2D eigenvalue weighted by atomic mass is 10.0. The van der Waals surface area contributed by atoms with Gasteiger partial charge in [0.1, 0.15) is 11.8 Å². The van der Waals surface area contributed by atoms with Crippen molar-refractivity contribution in [2.24, 2.45) is 12.0 Å². The third-order valence-electron chi connectivity index (χ3n) is 6.91. The van der Waals surface area contributed by atoms with Gasteiger partial charge in [0.2, 0.25) is 6.35 Å². The lowest BCUT2D eigenvalue weighted by molar-refractivity contribution is 0.102. The monoisotopic (exact) mass is 541 g/mol. The highest BCUT2D eigenvalue weighted by Crippen LogP contribution is 2.36. The summed E-state index contributed by atoms with van der Waals surface area (Å²) in [5, 5.41) is 15.2. The van der Waals surface area contributed by atoms with E-state index in [0.717, 1.165) is 29.7 Å². The molecule has 1 saturated heterocycles. The number of amides is 1. The summed E-state index contributed by atoms with van der Waals surface area (Å²) in [6, 6.07) is 8.13. The number of aliphatic imine (C=N–C) groups is 1. The molecule has 1 amide bonds. The van der Waals surface area contributed by atoms with Crippen LogP contribution in [-0.4, -0.2) is 70.5 Å². The molecule has 3 atom stereocenters. The van der Waals surface area contributed by atoms with E-state index in [9.17, 15) is 4.79 Å². The number of ether oxygens (including phenoxy) is 2. The average molecular weight is 542 g/mol. The lowest BCUT2D eigenvalue weighted by Gasteiger charge is -2.39. The van der Waals surface area contributed by atoms with Crippen LogP contribution in [0.1, 0.15) is 29.8 Å². The summed E-state index contributed by atoms with van der Waals surface area (Å²) in [6.45, 7) is 6.05. The van der Waals surface area contributed by atoms with E-state index in [2.05, 4.69) is 54.8 Å². The van der Waals surface area contributed by atoms with E-state index in [-0.39, 0.29) is 5.91 Å². The Labute approximate surface area is 231 Å². The first-order valence-electron chi connectivity index (χ1n) is 13.1. The van der Waals surface area contributed by atoms with E-state index in [1.807, 2.05) is 31.4 Å². The van der Waals surface area contributed by atoms with E-state index in [4.69, 9.17) is 9.47 Å². The fraction of sp³-hybridized carbons (Fsp3) is 0.321. The zero-order valence-corrected chi connectivity index (χ0v) is 22.8. The van der Waals surface area contributed by atoms with Crippen molar-refractivity contribution in [3.63, 3.8) is 0 Å². The molecule has 12 nitrogen and oxygen atoms in total. The number of nitrogens with zero attached hydrogens (tertiary/aromatic N) is 6. The number of aryl methyl sites for hydroxylation is 1. The summed E-state index contributed by atoms with van der Waals surface area (Å²) in [5.41, 5.74) is 4.26. The summed E-state index contributed by atoms with van der Waals surface area (Å²) in [7, 11) is 3.41. The standard InChI is InChI=1S/C28H31N9O3/c1-16-12-37(13-17(2)32-16)23-6-5-21(26-22(23)11-31-28(34-26)39-4)27(38)33-19-7-18-14-36(3)35-25(18)24(8-19)40-20-9-29-15-30-10-20/h5-11,14-17,28,32,34H,12-13H2,1-4H3,(H,33,38)/t16-,17-,28?/m0/s1. The van der Waals surface area contributed by atoms with Crippen LogP contribution in [0.15, 0.2) is 54.2 Å². The molecule has 4 aromatic rings. The molecule has 0 saturated carbocycles. The third-order valence-corrected chi connectivity index (χ3v) is 6.91. The first-order chi connectivity index (χ1) is 19.4. The summed E-state index contributed by atoms with van der Waals surface area (Å²) < 4.78 is 13.2. The third kappa shape index (κ3) is 5.06. The number of methoxy groups -OCH3 is 1. The molecule has 206 valence electrons. The highest BCUT2D eigenvalue weighted by molar-refractivity contribution is 6.13. The second-order valence-electron chi connectivity index (χ2n) is 10.2. The molecule has 0 spiro atoms. The minimum absolute atomic E-state index is 0.278. The topological polar surface area (TPSA) is 131 Å². The Hall–Kier alpha value is -4.55. The summed E-state index contributed by atoms with van der Waals surface area (Å²) in [5.74, 6) is 0.667. The Morgan fingerprint density at radius 2 is 1.90 bits per heavy atom. The summed E-state index contributed by atoms with van der Waals surface area (Å²) in [6.07, 6.45) is 7.64. The number of benzene rings is 2. The van der Waals surface area contributed by atoms with Crippen molar-refractivity contribution >= 4 is 40.1 Å². The number of aromatic nitrogens is 4. The van der Waals surface area contributed by atoms with Crippen molar-refractivity contribution in [2.75, 3.05) is 35.7 Å². The normalized spacial score (nSPS) is 20.2.